The topological polar surface area (TPSA) is 66.8 Å². The number of carbonyl (C=O) groups excluding carboxylic acids is 1. The molecular weight excluding hydrogens is 330 g/mol. The second-order valence-corrected chi connectivity index (χ2v) is 7.62. The Balaban J connectivity index is 1.95. The zero-order valence-electron chi connectivity index (χ0n) is 15.4. The number of hydrogen-bond acceptors (Lipinski definition) is 3. The lowest BCUT2D eigenvalue weighted by Crippen LogP contribution is -2.44. The third-order valence-corrected chi connectivity index (χ3v) is 4.57. The highest BCUT2D eigenvalue weighted by Gasteiger charge is 2.32. The van der Waals surface area contributed by atoms with Crippen molar-refractivity contribution in [3.05, 3.63) is 59.2 Å². The lowest BCUT2D eigenvalue weighted by atomic mass is 9.86. The summed E-state index contributed by atoms with van der Waals surface area (Å²) < 4.78 is 5.63. The number of rotatable bonds is 3. The van der Waals surface area contributed by atoms with Crippen molar-refractivity contribution < 1.29 is 19.4 Å². The Morgan fingerprint density at radius 3 is 2.38 bits per heavy atom. The van der Waals surface area contributed by atoms with Crippen molar-refractivity contribution in [2.45, 2.75) is 45.8 Å². The molecule has 5 heteroatoms. The number of hydrogen-bond donors (Lipinski definition) is 1. The van der Waals surface area contributed by atoms with Crippen LogP contribution in [0.1, 0.15) is 49.2 Å². The fraction of sp³-hybridized carbons (Fsp3) is 0.333. The fourth-order valence-corrected chi connectivity index (χ4v) is 3.00. The van der Waals surface area contributed by atoms with Gasteiger partial charge in [0.2, 0.25) is 0 Å². The maximum Gasteiger partial charge on any atom is 0.335 e. The van der Waals surface area contributed by atoms with E-state index in [-0.39, 0.29) is 16.9 Å². The van der Waals surface area contributed by atoms with Gasteiger partial charge in [-0.3, -0.25) is 4.79 Å². The van der Waals surface area contributed by atoms with Crippen molar-refractivity contribution in [3.63, 3.8) is 0 Å². The van der Waals surface area contributed by atoms with Crippen LogP contribution < -0.4 is 9.64 Å². The van der Waals surface area contributed by atoms with Gasteiger partial charge in [0.25, 0.3) is 5.91 Å². The summed E-state index contributed by atoms with van der Waals surface area (Å²) in [6.45, 7) is 8.52. The summed E-state index contributed by atoms with van der Waals surface area (Å²) in [6.07, 6.45) is -0.605. The molecule has 0 radical (unpaired) electrons. The van der Waals surface area contributed by atoms with Crippen molar-refractivity contribution >= 4 is 17.6 Å². The molecule has 0 bridgehead atoms. The van der Waals surface area contributed by atoms with Crippen LogP contribution in [0.2, 0.25) is 0 Å². The molecule has 0 aliphatic carbocycles. The third-order valence-electron chi connectivity index (χ3n) is 4.57. The minimum absolute atomic E-state index is 0.0603. The molecule has 1 N–H and O–H groups in total. The number of nitrogens with zero attached hydrogens (tertiary/aromatic N) is 1. The van der Waals surface area contributed by atoms with E-state index in [0.717, 1.165) is 5.56 Å². The average molecular weight is 353 g/mol. The molecule has 136 valence electrons. The predicted molar refractivity (Wildman–Crippen MR) is 99.8 cm³/mol. The van der Waals surface area contributed by atoms with Gasteiger partial charge in [-0.05, 0) is 41.7 Å². The van der Waals surface area contributed by atoms with Gasteiger partial charge >= 0.3 is 5.97 Å². The van der Waals surface area contributed by atoms with Crippen LogP contribution in [0.3, 0.4) is 0 Å². The summed E-state index contributed by atoms with van der Waals surface area (Å²) >= 11 is 0. The van der Waals surface area contributed by atoms with E-state index in [2.05, 4.69) is 32.9 Å². The molecule has 1 heterocycles. The van der Waals surface area contributed by atoms with Crippen molar-refractivity contribution in [1.29, 1.82) is 0 Å². The summed E-state index contributed by atoms with van der Waals surface area (Å²) in [7, 11) is 0. The molecule has 2 aromatic rings. The van der Waals surface area contributed by atoms with Gasteiger partial charge in [0, 0.05) is 0 Å². The molecule has 26 heavy (non-hydrogen) atoms. The number of aromatic carboxylic acids is 1. The molecule has 2 aromatic carbocycles. The van der Waals surface area contributed by atoms with Crippen LogP contribution in [0.15, 0.2) is 42.5 Å². The number of fused-ring (bicyclic) bond motifs is 1. The van der Waals surface area contributed by atoms with Crippen LogP contribution in [0.4, 0.5) is 5.69 Å². The Morgan fingerprint density at radius 1 is 1.15 bits per heavy atom. The molecule has 1 unspecified atom stereocenters. The molecule has 3 rings (SSSR count). The summed E-state index contributed by atoms with van der Waals surface area (Å²) in [5, 5.41) is 9.24. The summed E-state index contributed by atoms with van der Waals surface area (Å²) in [5.74, 6) is -0.693. The highest BCUT2D eigenvalue weighted by Crippen LogP contribution is 2.36. The number of carboxylic acid groups (broad SMARTS) is 1. The fourth-order valence-electron chi connectivity index (χ4n) is 3.00. The number of carboxylic acids is 1. The molecule has 0 fully saturated rings. The monoisotopic (exact) mass is 353 g/mol. The lowest BCUT2D eigenvalue weighted by molar-refractivity contribution is -0.125. The van der Waals surface area contributed by atoms with Gasteiger partial charge < -0.3 is 14.7 Å². The van der Waals surface area contributed by atoms with Crippen molar-refractivity contribution in [2.75, 3.05) is 4.90 Å². The maximum atomic E-state index is 12.7. The Bertz CT molecular complexity index is 849. The van der Waals surface area contributed by atoms with Gasteiger partial charge in [-0.1, -0.05) is 45.0 Å². The molecule has 1 aliphatic rings. The number of amides is 1. The van der Waals surface area contributed by atoms with E-state index in [9.17, 15) is 14.7 Å². The normalized spacial score (nSPS) is 16.8. The smallest absolute Gasteiger partial charge is 0.335 e. The number of anilines is 1. The molecule has 0 aromatic heterocycles. The van der Waals surface area contributed by atoms with Crippen LogP contribution in [-0.4, -0.2) is 23.1 Å². The summed E-state index contributed by atoms with van der Waals surface area (Å²) in [6, 6.07) is 12.7. The van der Waals surface area contributed by atoms with Gasteiger partial charge in [-0.15, -0.1) is 0 Å². The number of benzene rings is 2. The Labute approximate surface area is 153 Å². The second kappa shape index (κ2) is 6.48. The minimum Gasteiger partial charge on any atom is -0.479 e. The van der Waals surface area contributed by atoms with Crippen LogP contribution in [0.25, 0.3) is 0 Å². The maximum absolute atomic E-state index is 12.7. The first-order valence-corrected chi connectivity index (χ1v) is 8.61. The summed E-state index contributed by atoms with van der Waals surface area (Å²) in [5.41, 5.74) is 2.88. The molecule has 1 amide bonds. The predicted octanol–water partition coefficient (Wildman–Crippen LogP) is 4.00. The molecule has 0 saturated carbocycles. The molecule has 1 aliphatic heterocycles. The SMILES string of the molecule is CC1Oc2ccc(C(=O)O)cc2N(Cc2ccc(C(C)(C)C)cc2)C1=O. The third kappa shape index (κ3) is 3.43. The second-order valence-electron chi connectivity index (χ2n) is 7.62. The highest BCUT2D eigenvalue weighted by molar-refractivity contribution is 6.01. The largest absolute Gasteiger partial charge is 0.479 e. The van der Waals surface area contributed by atoms with Crippen LogP contribution in [-0.2, 0) is 16.8 Å². The lowest BCUT2D eigenvalue weighted by Gasteiger charge is -2.33. The Morgan fingerprint density at radius 2 is 1.81 bits per heavy atom. The van der Waals surface area contributed by atoms with E-state index in [1.807, 2.05) is 12.1 Å². The number of ether oxygens (including phenoxy) is 1. The Kier molecular flexibility index (Phi) is 4.48. The van der Waals surface area contributed by atoms with Gasteiger partial charge in [0.05, 0.1) is 17.8 Å². The van der Waals surface area contributed by atoms with E-state index < -0.39 is 12.1 Å². The zero-order valence-corrected chi connectivity index (χ0v) is 15.4. The van der Waals surface area contributed by atoms with Gasteiger partial charge in [-0.25, -0.2) is 4.79 Å². The average Bonchev–Trinajstić information content (AvgIpc) is 2.58. The molecule has 1 atom stereocenters. The van der Waals surface area contributed by atoms with Crippen LogP contribution in [0, 0.1) is 0 Å². The molecule has 5 nitrogen and oxygen atoms in total. The zero-order chi connectivity index (χ0) is 19.1. The van der Waals surface area contributed by atoms with Gasteiger partial charge in [-0.2, -0.15) is 0 Å². The highest BCUT2D eigenvalue weighted by atomic mass is 16.5. The van der Waals surface area contributed by atoms with E-state index >= 15 is 0 Å². The van der Waals surface area contributed by atoms with Crippen molar-refractivity contribution in [1.82, 2.24) is 0 Å². The number of carbonyl (C=O) groups is 2. The van der Waals surface area contributed by atoms with E-state index in [4.69, 9.17) is 4.74 Å². The van der Waals surface area contributed by atoms with E-state index in [1.165, 1.54) is 17.7 Å². The summed E-state index contributed by atoms with van der Waals surface area (Å²) in [4.78, 5) is 25.5. The molecular formula is C21H23NO4. The van der Waals surface area contributed by atoms with Crippen LogP contribution >= 0.6 is 0 Å². The Hall–Kier alpha value is -2.82. The van der Waals surface area contributed by atoms with Crippen LogP contribution in [0.5, 0.6) is 5.75 Å². The first-order chi connectivity index (χ1) is 12.2. The van der Waals surface area contributed by atoms with Gasteiger partial charge in [0.1, 0.15) is 5.75 Å². The van der Waals surface area contributed by atoms with E-state index in [0.29, 0.717) is 18.0 Å². The minimum atomic E-state index is -1.03. The van der Waals surface area contributed by atoms with Crippen molar-refractivity contribution in [3.8, 4) is 5.75 Å². The quantitative estimate of drug-likeness (QED) is 0.906. The van der Waals surface area contributed by atoms with E-state index in [1.54, 1.807) is 17.9 Å². The van der Waals surface area contributed by atoms with Crippen molar-refractivity contribution in [2.24, 2.45) is 0 Å². The van der Waals surface area contributed by atoms with Gasteiger partial charge in [0.15, 0.2) is 6.10 Å². The first kappa shape index (κ1) is 18.0. The standard InChI is InChI=1S/C21H23NO4/c1-13-19(23)22(12-14-5-8-16(9-6-14)21(2,3)4)17-11-15(20(24)25)7-10-18(17)26-13/h5-11,13H,12H2,1-4H3,(H,24,25). The molecule has 0 spiro atoms. The first-order valence-electron chi connectivity index (χ1n) is 8.61. The molecule has 0 saturated heterocycles.